The highest BCUT2D eigenvalue weighted by atomic mass is 32.2. The predicted octanol–water partition coefficient (Wildman–Crippen LogP) is 3.61. The summed E-state index contributed by atoms with van der Waals surface area (Å²) in [6, 6.07) is 8.69. The van der Waals surface area contributed by atoms with Crippen molar-refractivity contribution in [3.63, 3.8) is 0 Å². The van der Waals surface area contributed by atoms with Crippen molar-refractivity contribution in [3.05, 3.63) is 74.8 Å². The van der Waals surface area contributed by atoms with Gasteiger partial charge in [0.05, 0.1) is 11.3 Å². The van der Waals surface area contributed by atoms with Gasteiger partial charge in [-0.1, -0.05) is 30.0 Å². The molecule has 0 aliphatic carbocycles. The zero-order chi connectivity index (χ0) is 23.7. The second-order valence-electron chi connectivity index (χ2n) is 7.05. The molecule has 1 N–H and O–H groups in total. The molecule has 0 spiro atoms. The van der Waals surface area contributed by atoms with Gasteiger partial charge < -0.3 is 9.84 Å². The van der Waals surface area contributed by atoms with Crippen LogP contribution in [0.1, 0.15) is 17.5 Å². The summed E-state index contributed by atoms with van der Waals surface area (Å²) in [5.74, 6) is -1.82. The number of halogens is 1. The van der Waals surface area contributed by atoms with E-state index in [2.05, 4.69) is 4.98 Å². The molecule has 4 rings (SSSR count). The smallest absolute Gasteiger partial charge is 0.305 e. The zero-order valence-electron chi connectivity index (χ0n) is 17.1. The molecule has 168 valence electrons. The number of amides is 1. The Kier molecular flexibility index (Phi) is 6.25. The molecule has 0 atom stereocenters. The highest BCUT2D eigenvalue weighted by Gasteiger charge is 2.33. The Morgan fingerprint density at radius 3 is 2.70 bits per heavy atom. The zero-order valence-corrected chi connectivity index (χ0v) is 18.8. The lowest BCUT2D eigenvalue weighted by Gasteiger charge is -2.12. The van der Waals surface area contributed by atoms with Crippen LogP contribution < -0.4 is 10.3 Å². The Balaban J connectivity index is 1.82. The summed E-state index contributed by atoms with van der Waals surface area (Å²) in [6.07, 6.45) is 2.62. The van der Waals surface area contributed by atoms with E-state index >= 15 is 0 Å². The number of carboxylic acid groups (broad SMARTS) is 1. The minimum atomic E-state index is -1.06. The van der Waals surface area contributed by atoms with Gasteiger partial charge in [-0.15, -0.1) is 0 Å². The number of rotatable bonds is 6. The molecule has 0 bridgehead atoms. The Labute approximate surface area is 196 Å². The van der Waals surface area contributed by atoms with Gasteiger partial charge in [0.25, 0.3) is 11.5 Å². The maximum absolute atomic E-state index is 13.3. The summed E-state index contributed by atoms with van der Waals surface area (Å²) in [7, 11) is 0. The number of aliphatic carboxylic acids is 1. The molecule has 33 heavy (non-hydrogen) atoms. The number of benzene rings is 1. The fourth-order valence-electron chi connectivity index (χ4n) is 3.14. The lowest BCUT2D eigenvalue weighted by Crippen LogP contribution is -2.30. The van der Waals surface area contributed by atoms with Crippen molar-refractivity contribution in [3.8, 4) is 11.6 Å². The molecular formula is C22H16FN3O5S2. The number of fused-ring (bicyclic) bond motifs is 1. The first kappa shape index (κ1) is 22.6. The van der Waals surface area contributed by atoms with Gasteiger partial charge in [-0.05, 0) is 48.9 Å². The number of ether oxygens (including phenoxy) is 1. The minimum absolute atomic E-state index is 0.00107. The molecule has 1 saturated heterocycles. The van der Waals surface area contributed by atoms with Crippen molar-refractivity contribution in [2.75, 3.05) is 6.54 Å². The molecule has 11 heteroatoms. The van der Waals surface area contributed by atoms with Crippen LogP contribution in [0.5, 0.6) is 11.6 Å². The van der Waals surface area contributed by atoms with Crippen LogP contribution in [0, 0.1) is 12.7 Å². The molecule has 3 aromatic rings. The van der Waals surface area contributed by atoms with Crippen molar-refractivity contribution in [2.45, 2.75) is 13.3 Å². The fraction of sp³-hybridized carbons (Fsp3) is 0.136. The third-order valence-corrected chi connectivity index (χ3v) is 6.15. The Bertz CT molecular complexity index is 1390. The van der Waals surface area contributed by atoms with Crippen LogP contribution in [0.2, 0.25) is 0 Å². The van der Waals surface area contributed by atoms with Crippen LogP contribution in [-0.2, 0) is 9.59 Å². The van der Waals surface area contributed by atoms with E-state index in [9.17, 15) is 18.8 Å². The van der Waals surface area contributed by atoms with Crippen LogP contribution in [0.4, 0.5) is 4.39 Å². The standard InChI is InChI=1S/C22H16FN3O5S2/c1-12-3-2-9-25-18(12)24-19(31-14-6-4-13(23)5-7-14)15(20(25)29)11-16-21(30)26(22(32)33-16)10-8-17(27)28/h2-7,9,11H,8,10H2,1H3,(H,27,28). The summed E-state index contributed by atoms with van der Waals surface area (Å²) in [5, 5.41) is 8.91. The van der Waals surface area contributed by atoms with Crippen molar-refractivity contribution in [2.24, 2.45) is 0 Å². The first-order valence-electron chi connectivity index (χ1n) is 9.67. The number of nitrogens with zero attached hydrogens (tertiary/aromatic N) is 3. The van der Waals surface area contributed by atoms with E-state index in [4.69, 9.17) is 22.1 Å². The second kappa shape index (κ2) is 9.12. The monoisotopic (exact) mass is 485 g/mol. The maximum Gasteiger partial charge on any atom is 0.305 e. The van der Waals surface area contributed by atoms with E-state index in [1.165, 1.54) is 39.6 Å². The van der Waals surface area contributed by atoms with Gasteiger partial charge in [-0.2, -0.15) is 4.98 Å². The summed E-state index contributed by atoms with van der Waals surface area (Å²) in [6.45, 7) is 1.71. The highest BCUT2D eigenvalue weighted by molar-refractivity contribution is 8.26. The fourth-order valence-corrected chi connectivity index (χ4v) is 4.43. The van der Waals surface area contributed by atoms with E-state index in [0.717, 1.165) is 17.3 Å². The lowest BCUT2D eigenvalue weighted by atomic mass is 10.2. The van der Waals surface area contributed by atoms with Gasteiger partial charge in [0, 0.05) is 12.7 Å². The van der Waals surface area contributed by atoms with Crippen LogP contribution in [0.3, 0.4) is 0 Å². The summed E-state index contributed by atoms with van der Waals surface area (Å²) in [4.78, 5) is 42.8. The number of hydrogen-bond acceptors (Lipinski definition) is 7. The summed E-state index contributed by atoms with van der Waals surface area (Å²) < 4.78 is 20.6. The number of thiocarbonyl (C=S) groups is 1. The summed E-state index contributed by atoms with van der Waals surface area (Å²) in [5.41, 5.74) is 0.619. The number of hydrogen-bond donors (Lipinski definition) is 1. The van der Waals surface area contributed by atoms with Crippen LogP contribution in [-0.4, -0.2) is 42.1 Å². The van der Waals surface area contributed by atoms with Crippen LogP contribution >= 0.6 is 24.0 Å². The number of aromatic nitrogens is 2. The maximum atomic E-state index is 13.3. The number of carbonyl (C=O) groups excluding carboxylic acids is 1. The van der Waals surface area contributed by atoms with Crippen molar-refractivity contribution in [1.82, 2.24) is 14.3 Å². The lowest BCUT2D eigenvalue weighted by molar-refractivity contribution is -0.137. The van der Waals surface area contributed by atoms with E-state index in [1.807, 2.05) is 0 Å². The van der Waals surface area contributed by atoms with E-state index in [-0.39, 0.29) is 39.4 Å². The molecule has 8 nitrogen and oxygen atoms in total. The normalized spacial score (nSPS) is 15.0. The Morgan fingerprint density at radius 2 is 2.00 bits per heavy atom. The summed E-state index contributed by atoms with van der Waals surface area (Å²) >= 11 is 6.17. The number of pyridine rings is 1. The molecule has 0 radical (unpaired) electrons. The Hall–Kier alpha value is -3.57. The molecule has 1 fully saturated rings. The molecule has 1 aromatic carbocycles. The number of carbonyl (C=O) groups is 2. The third kappa shape index (κ3) is 4.64. The topological polar surface area (TPSA) is 101 Å². The number of aryl methyl sites for hydroxylation is 1. The van der Waals surface area contributed by atoms with Gasteiger partial charge in [0.2, 0.25) is 5.88 Å². The van der Waals surface area contributed by atoms with Crippen LogP contribution in [0.25, 0.3) is 11.7 Å². The second-order valence-corrected chi connectivity index (χ2v) is 8.73. The highest BCUT2D eigenvalue weighted by Crippen LogP contribution is 2.34. The van der Waals surface area contributed by atoms with Crippen molar-refractivity contribution >= 4 is 51.9 Å². The van der Waals surface area contributed by atoms with Crippen LogP contribution in [0.15, 0.2) is 52.3 Å². The van der Waals surface area contributed by atoms with Gasteiger partial charge in [0.15, 0.2) is 0 Å². The average molecular weight is 486 g/mol. The van der Waals surface area contributed by atoms with E-state index < -0.39 is 23.3 Å². The molecule has 1 amide bonds. The first-order valence-corrected chi connectivity index (χ1v) is 10.9. The van der Waals surface area contributed by atoms with Crippen molar-refractivity contribution in [1.29, 1.82) is 0 Å². The predicted molar refractivity (Wildman–Crippen MR) is 125 cm³/mol. The third-order valence-electron chi connectivity index (χ3n) is 4.78. The quantitative estimate of drug-likeness (QED) is 0.418. The molecule has 3 heterocycles. The van der Waals surface area contributed by atoms with E-state index in [1.54, 1.807) is 25.3 Å². The molecular weight excluding hydrogens is 469 g/mol. The van der Waals surface area contributed by atoms with Gasteiger partial charge >= 0.3 is 5.97 Å². The number of thioether (sulfide) groups is 1. The Morgan fingerprint density at radius 1 is 1.27 bits per heavy atom. The SMILES string of the molecule is Cc1cccn2c(=O)c(C=C3SC(=S)N(CCC(=O)O)C3=O)c(Oc3ccc(F)cc3)nc12. The average Bonchev–Trinajstić information content (AvgIpc) is 3.04. The first-order chi connectivity index (χ1) is 15.7. The van der Waals surface area contributed by atoms with Crippen molar-refractivity contribution < 1.29 is 23.8 Å². The van der Waals surface area contributed by atoms with E-state index in [0.29, 0.717) is 5.65 Å². The molecule has 1 aliphatic rings. The van der Waals surface area contributed by atoms with Gasteiger partial charge in [-0.3, -0.25) is 23.7 Å². The molecule has 0 unspecified atom stereocenters. The molecule has 0 saturated carbocycles. The van der Waals surface area contributed by atoms with Gasteiger partial charge in [0.1, 0.15) is 27.1 Å². The minimum Gasteiger partial charge on any atom is -0.481 e. The molecule has 2 aromatic heterocycles. The van der Waals surface area contributed by atoms with Gasteiger partial charge in [-0.25, -0.2) is 4.39 Å². The number of carboxylic acids is 1. The molecule has 1 aliphatic heterocycles. The largest absolute Gasteiger partial charge is 0.481 e.